The van der Waals surface area contributed by atoms with Gasteiger partial charge >= 0.3 is 0 Å². The summed E-state index contributed by atoms with van der Waals surface area (Å²) in [5, 5.41) is 20.5. The summed E-state index contributed by atoms with van der Waals surface area (Å²) in [5.74, 6) is 1.43. The fourth-order valence-corrected chi connectivity index (χ4v) is 4.50. The van der Waals surface area contributed by atoms with Crippen molar-refractivity contribution in [2.45, 2.75) is 18.9 Å². The zero-order valence-corrected chi connectivity index (χ0v) is 20.2. The third-order valence-corrected chi connectivity index (χ3v) is 6.29. The fraction of sp³-hybridized carbons (Fsp3) is 0.214. The summed E-state index contributed by atoms with van der Waals surface area (Å²) in [4.78, 5) is 18.8. The molecule has 1 saturated heterocycles. The highest BCUT2D eigenvalue weighted by atomic mass is 19.1. The summed E-state index contributed by atoms with van der Waals surface area (Å²) >= 11 is 0. The first-order chi connectivity index (χ1) is 18.1. The van der Waals surface area contributed by atoms with Crippen molar-refractivity contribution in [1.29, 1.82) is 5.41 Å². The molecular weight excluding hydrogens is 469 g/mol. The maximum atomic E-state index is 13.7. The van der Waals surface area contributed by atoms with Crippen LogP contribution in [0.15, 0.2) is 73.1 Å². The number of aromatic nitrogens is 4. The Morgan fingerprint density at radius 2 is 2.00 bits per heavy atom. The minimum Gasteiger partial charge on any atom is -0.395 e. The van der Waals surface area contributed by atoms with Crippen molar-refractivity contribution >= 4 is 17.7 Å². The molecule has 9 heteroatoms. The number of likely N-dealkylation sites (tertiary alicyclic amines) is 1. The molecule has 8 nitrogen and oxygen atoms in total. The van der Waals surface area contributed by atoms with Gasteiger partial charge in [0.25, 0.3) is 0 Å². The zero-order chi connectivity index (χ0) is 25.6. The number of aromatic amines is 1. The first-order valence-electron chi connectivity index (χ1n) is 12.2. The number of benzene rings is 1. The van der Waals surface area contributed by atoms with Gasteiger partial charge in [0.2, 0.25) is 0 Å². The Labute approximate surface area is 214 Å². The van der Waals surface area contributed by atoms with Gasteiger partial charge in [-0.25, -0.2) is 19.3 Å². The summed E-state index contributed by atoms with van der Waals surface area (Å²) in [7, 11) is 0. The summed E-state index contributed by atoms with van der Waals surface area (Å²) in [6.07, 6.45) is 8.82. The monoisotopic (exact) mass is 497 g/mol. The van der Waals surface area contributed by atoms with Crippen LogP contribution in [0.1, 0.15) is 30.3 Å². The zero-order valence-electron chi connectivity index (χ0n) is 20.2. The number of anilines is 1. The van der Waals surface area contributed by atoms with Crippen molar-refractivity contribution < 1.29 is 9.50 Å². The molecule has 0 aliphatic carbocycles. The second-order valence-corrected chi connectivity index (χ2v) is 8.80. The number of H-pyrrole nitrogens is 1. The SMILES string of the molecule is N=C(/C=C\c1ncc(-c2cccc(-c3ccc(NCCO)nc3)n2)[nH]1)N1CCCC1c1cccc(F)c1. The fourth-order valence-electron chi connectivity index (χ4n) is 4.50. The minimum atomic E-state index is -0.254. The molecule has 0 spiro atoms. The van der Waals surface area contributed by atoms with Gasteiger partial charge in [0.15, 0.2) is 0 Å². The first kappa shape index (κ1) is 24.3. The second-order valence-electron chi connectivity index (χ2n) is 8.80. The lowest BCUT2D eigenvalue weighted by atomic mass is 10.0. The van der Waals surface area contributed by atoms with Gasteiger partial charge in [0.05, 0.1) is 35.9 Å². The van der Waals surface area contributed by atoms with Crippen LogP contribution in [0, 0.1) is 11.2 Å². The van der Waals surface area contributed by atoms with Crippen molar-refractivity contribution in [3.63, 3.8) is 0 Å². The standard InChI is InChI=1S/C28H28FN7O/c29-21-5-1-4-19(16-21)25-8-3-14-36(25)26(30)10-12-28-33-18-24(35-28)23-7-2-6-22(34-23)20-9-11-27(32-17-20)31-13-15-37/h1-2,4-7,9-12,16-18,25,30,37H,3,8,13-15H2,(H,31,32)(H,33,35)/b12-10-,30-26?. The van der Waals surface area contributed by atoms with Crippen LogP contribution in [-0.4, -0.2) is 55.5 Å². The summed E-state index contributed by atoms with van der Waals surface area (Å²) in [6, 6.07) is 16.2. The van der Waals surface area contributed by atoms with E-state index in [1.807, 2.05) is 41.3 Å². The molecule has 1 aromatic carbocycles. The number of hydrogen-bond donors (Lipinski definition) is 4. The normalized spacial score (nSPS) is 15.4. The van der Waals surface area contributed by atoms with E-state index in [1.54, 1.807) is 36.7 Å². The Morgan fingerprint density at radius 3 is 2.81 bits per heavy atom. The highest BCUT2D eigenvalue weighted by Crippen LogP contribution is 2.32. The topological polar surface area (TPSA) is 114 Å². The summed E-state index contributed by atoms with van der Waals surface area (Å²) in [5.41, 5.74) is 4.06. The maximum Gasteiger partial charge on any atom is 0.130 e. The molecule has 0 amide bonds. The van der Waals surface area contributed by atoms with Crippen molar-refractivity contribution in [2.24, 2.45) is 0 Å². The molecule has 5 rings (SSSR count). The molecule has 4 heterocycles. The third kappa shape index (κ3) is 5.73. The molecule has 0 saturated carbocycles. The molecular formula is C28H28FN7O. The first-order valence-corrected chi connectivity index (χ1v) is 12.2. The van der Waals surface area contributed by atoms with Crippen LogP contribution in [-0.2, 0) is 0 Å². The molecule has 3 aromatic heterocycles. The lowest BCUT2D eigenvalue weighted by Gasteiger charge is -2.26. The molecule has 1 atom stereocenters. The Balaban J connectivity index is 1.27. The third-order valence-electron chi connectivity index (χ3n) is 6.29. The highest BCUT2D eigenvalue weighted by molar-refractivity contribution is 5.94. The number of amidine groups is 1. The van der Waals surface area contributed by atoms with Crippen molar-refractivity contribution in [2.75, 3.05) is 25.0 Å². The molecule has 4 N–H and O–H groups in total. The number of aliphatic hydroxyl groups excluding tert-OH is 1. The average Bonchev–Trinajstić information content (AvgIpc) is 3.61. The van der Waals surface area contributed by atoms with Gasteiger partial charge in [-0.1, -0.05) is 18.2 Å². The number of halogens is 1. The van der Waals surface area contributed by atoms with Gasteiger partial charge in [-0.15, -0.1) is 0 Å². The maximum absolute atomic E-state index is 13.7. The van der Waals surface area contributed by atoms with Crippen LogP contribution in [0.4, 0.5) is 10.2 Å². The van der Waals surface area contributed by atoms with Crippen LogP contribution in [0.5, 0.6) is 0 Å². The van der Waals surface area contributed by atoms with E-state index < -0.39 is 0 Å². The van der Waals surface area contributed by atoms with Gasteiger partial charge in [0, 0.05) is 24.8 Å². The minimum absolute atomic E-state index is 0.000895. The number of imidazole rings is 1. The molecule has 1 aliphatic rings. The smallest absolute Gasteiger partial charge is 0.130 e. The van der Waals surface area contributed by atoms with Crippen molar-refractivity contribution in [3.8, 4) is 22.6 Å². The van der Waals surface area contributed by atoms with Crippen molar-refractivity contribution in [1.82, 2.24) is 24.8 Å². The number of aliphatic hydroxyl groups is 1. The van der Waals surface area contributed by atoms with Crippen LogP contribution in [0.25, 0.3) is 28.7 Å². The van der Waals surface area contributed by atoms with E-state index in [2.05, 4.69) is 20.3 Å². The van der Waals surface area contributed by atoms with Gasteiger partial charge in [-0.3, -0.25) is 5.41 Å². The van der Waals surface area contributed by atoms with E-state index in [-0.39, 0.29) is 18.5 Å². The number of nitrogens with one attached hydrogen (secondary N) is 3. The molecule has 0 bridgehead atoms. The second kappa shape index (κ2) is 11.1. The Morgan fingerprint density at radius 1 is 1.14 bits per heavy atom. The van der Waals surface area contributed by atoms with E-state index in [4.69, 9.17) is 15.5 Å². The molecule has 0 radical (unpaired) electrons. The van der Waals surface area contributed by atoms with Gasteiger partial charge in [0.1, 0.15) is 23.3 Å². The molecule has 37 heavy (non-hydrogen) atoms. The largest absolute Gasteiger partial charge is 0.395 e. The highest BCUT2D eigenvalue weighted by Gasteiger charge is 2.27. The average molecular weight is 498 g/mol. The Hall–Kier alpha value is -4.37. The molecule has 4 aromatic rings. The van der Waals surface area contributed by atoms with Crippen molar-refractivity contribution in [3.05, 3.63) is 90.3 Å². The number of hydrogen-bond acceptors (Lipinski definition) is 6. The van der Waals surface area contributed by atoms with Crippen LogP contribution in [0.2, 0.25) is 0 Å². The van der Waals surface area contributed by atoms with Crippen LogP contribution < -0.4 is 5.32 Å². The van der Waals surface area contributed by atoms with Crippen LogP contribution >= 0.6 is 0 Å². The molecule has 1 unspecified atom stereocenters. The predicted molar refractivity (Wildman–Crippen MR) is 142 cm³/mol. The summed E-state index contributed by atoms with van der Waals surface area (Å²) < 4.78 is 13.7. The molecule has 1 fully saturated rings. The van der Waals surface area contributed by atoms with Gasteiger partial charge in [-0.05, 0) is 67.0 Å². The predicted octanol–water partition coefficient (Wildman–Crippen LogP) is 4.90. The van der Waals surface area contributed by atoms with E-state index in [0.29, 0.717) is 24.0 Å². The van der Waals surface area contributed by atoms with E-state index in [9.17, 15) is 4.39 Å². The van der Waals surface area contributed by atoms with Gasteiger partial charge < -0.3 is 20.3 Å². The Bertz CT molecular complexity index is 1400. The van der Waals surface area contributed by atoms with E-state index in [0.717, 1.165) is 47.6 Å². The van der Waals surface area contributed by atoms with E-state index >= 15 is 0 Å². The number of nitrogens with zero attached hydrogens (tertiary/aromatic N) is 4. The summed E-state index contributed by atoms with van der Waals surface area (Å²) in [6.45, 7) is 1.25. The molecule has 188 valence electrons. The quantitative estimate of drug-likeness (QED) is 0.203. The lowest BCUT2D eigenvalue weighted by molar-refractivity contribution is 0.311. The molecule has 1 aliphatic heterocycles. The van der Waals surface area contributed by atoms with Gasteiger partial charge in [-0.2, -0.15) is 0 Å². The van der Waals surface area contributed by atoms with Crippen LogP contribution in [0.3, 0.4) is 0 Å². The number of pyridine rings is 2. The van der Waals surface area contributed by atoms with E-state index in [1.165, 1.54) is 6.07 Å². The lowest BCUT2D eigenvalue weighted by Crippen LogP contribution is -2.28. The Kier molecular flexibility index (Phi) is 7.32. The number of rotatable bonds is 8.